The van der Waals surface area contributed by atoms with Gasteiger partial charge in [0.15, 0.2) is 0 Å². The molecule has 0 spiro atoms. The van der Waals surface area contributed by atoms with Crippen LogP contribution in [0.4, 0.5) is 0 Å². The Balaban J connectivity index is 2.18. The highest BCUT2D eigenvalue weighted by atomic mass is 16.5. The van der Waals surface area contributed by atoms with Crippen LogP contribution in [0.15, 0.2) is 0 Å². The molecular weight excluding hydrogens is 164 g/mol. The van der Waals surface area contributed by atoms with Gasteiger partial charge in [-0.25, -0.2) is 0 Å². The maximum atomic E-state index is 5.48. The summed E-state index contributed by atoms with van der Waals surface area (Å²) in [6.45, 7) is 6.33. The van der Waals surface area contributed by atoms with Crippen LogP contribution in [0.3, 0.4) is 0 Å². The third-order valence-electron chi connectivity index (χ3n) is 2.93. The minimum absolute atomic E-state index is 0.384. The number of rotatable bonds is 4. The Labute approximate surface area is 81.4 Å². The van der Waals surface area contributed by atoms with Gasteiger partial charge >= 0.3 is 0 Å². The zero-order valence-corrected chi connectivity index (χ0v) is 9.21. The van der Waals surface area contributed by atoms with E-state index in [2.05, 4.69) is 38.2 Å². The van der Waals surface area contributed by atoms with Crippen LogP contribution in [0, 0.1) is 0 Å². The molecule has 3 atom stereocenters. The normalized spacial score (nSPS) is 31.2. The molecule has 1 heterocycles. The Morgan fingerprint density at radius 3 is 2.69 bits per heavy atom. The van der Waals surface area contributed by atoms with Crippen molar-refractivity contribution in [3.05, 3.63) is 0 Å². The standard InChI is InChI=1S/C10H22N2O/c1-8(12(3)4)7-11-10-5-6-13-9(10)2/h8-11H,5-7H2,1-4H3. The van der Waals surface area contributed by atoms with Crippen molar-refractivity contribution in [1.82, 2.24) is 10.2 Å². The lowest BCUT2D eigenvalue weighted by Gasteiger charge is -2.23. The van der Waals surface area contributed by atoms with Gasteiger partial charge in [-0.1, -0.05) is 0 Å². The van der Waals surface area contributed by atoms with Crippen molar-refractivity contribution in [2.24, 2.45) is 0 Å². The molecular formula is C10H22N2O. The van der Waals surface area contributed by atoms with Crippen LogP contribution in [0.25, 0.3) is 0 Å². The highest BCUT2D eigenvalue weighted by Crippen LogP contribution is 2.12. The summed E-state index contributed by atoms with van der Waals surface area (Å²) in [5.74, 6) is 0. The second-order valence-corrected chi connectivity index (χ2v) is 4.19. The molecule has 0 aromatic heterocycles. The SMILES string of the molecule is CC1OCCC1NCC(C)N(C)C. The van der Waals surface area contributed by atoms with Crippen molar-refractivity contribution < 1.29 is 4.74 Å². The number of nitrogens with one attached hydrogen (secondary N) is 1. The summed E-state index contributed by atoms with van der Waals surface area (Å²) in [5.41, 5.74) is 0. The van der Waals surface area contributed by atoms with Gasteiger partial charge in [-0.2, -0.15) is 0 Å². The molecule has 0 aromatic rings. The van der Waals surface area contributed by atoms with Crippen LogP contribution in [0.2, 0.25) is 0 Å². The Bertz CT molecular complexity index is 150. The molecule has 3 heteroatoms. The van der Waals surface area contributed by atoms with E-state index < -0.39 is 0 Å². The van der Waals surface area contributed by atoms with Gasteiger partial charge in [0, 0.05) is 25.2 Å². The van der Waals surface area contributed by atoms with Crippen LogP contribution in [0.1, 0.15) is 20.3 Å². The lowest BCUT2D eigenvalue weighted by molar-refractivity contribution is 0.112. The van der Waals surface area contributed by atoms with Crippen molar-refractivity contribution in [2.75, 3.05) is 27.2 Å². The van der Waals surface area contributed by atoms with Gasteiger partial charge in [-0.3, -0.25) is 0 Å². The molecule has 78 valence electrons. The summed E-state index contributed by atoms with van der Waals surface area (Å²) in [6.07, 6.45) is 1.54. The maximum absolute atomic E-state index is 5.48. The zero-order valence-electron chi connectivity index (χ0n) is 9.21. The number of hydrogen-bond acceptors (Lipinski definition) is 3. The van der Waals surface area contributed by atoms with Crippen LogP contribution in [0.5, 0.6) is 0 Å². The summed E-state index contributed by atoms with van der Waals surface area (Å²) in [5, 5.41) is 3.55. The van der Waals surface area contributed by atoms with Crippen LogP contribution >= 0.6 is 0 Å². The first-order valence-corrected chi connectivity index (χ1v) is 5.12. The predicted molar refractivity (Wildman–Crippen MR) is 55.0 cm³/mol. The average molecular weight is 186 g/mol. The predicted octanol–water partition coefficient (Wildman–Crippen LogP) is 0.704. The summed E-state index contributed by atoms with van der Waals surface area (Å²) in [4.78, 5) is 2.23. The maximum Gasteiger partial charge on any atom is 0.0700 e. The molecule has 0 saturated carbocycles. The highest BCUT2D eigenvalue weighted by molar-refractivity contribution is 4.80. The number of nitrogens with zero attached hydrogens (tertiary/aromatic N) is 1. The third-order valence-corrected chi connectivity index (χ3v) is 2.93. The van der Waals surface area contributed by atoms with E-state index in [4.69, 9.17) is 4.74 Å². The first kappa shape index (κ1) is 11.0. The fourth-order valence-corrected chi connectivity index (χ4v) is 1.50. The van der Waals surface area contributed by atoms with Crippen molar-refractivity contribution >= 4 is 0 Å². The molecule has 0 amide bonds. The second kappa shape index (κ2) is 4.94. The van der Waals surface area contributed by atoms with Gasteiger partial charge < -0.3 is 15.0 Å². The van der Waals surface area contributed by atoms with Crippen molar-refractivity contribution in [3.8, 4) is 0 Å². The molecule has 1 N–H and O–H groups in total. The molecule has 1 aliphatic heterocycles. The lowest BCUT2D eigenvalue weighted by Crippen LogP contribution is -2.42. The van der Waals surface area contributed by atoms with E-state index >= 15 is 0 Å². The Morgan fingerprint density at radius 1 is 1.54 bits per heavy atom. The van der Waals surface area contributed by atoms with Gasteiger partial charge in [0.05, 0.1) is 6.10 Å². The molecule has 0 aliphatic carbocycles. The average Bonchev–Trinajstić information content (AvgIpc) is 2.47. The van der Waals surface area contributed by atoms with Crippen LogP contribution < -0.4 is 5.32 Å². The van der Waals surface area contributed by atoms with Crippen molar-refractivity contribution in [2.45, 2.75) is 38.5 Å². The van der Waals surface area contributed by atoms with Gasteiger partial charge in [0.1, 0.15) is 0 Å². The lowest BCUT2D eigenvalue weighted by atomic mass is 10.1. The molecule has 13 heavy (non-hydrogen) atoms. The molecule has 1 aliphatic rings. The Hall–Kier alpha value is -0.120. The van der Waals surface area contributed by atoms with E-state index in [1.54, 1.807) is 0 Å². The third kappa shape index (κ3) is 3.25. The fraction of sp³-hybridized carbons (Fsp3) is 1.00. The first-order chi connectivity index (χ1) is 6.11. The summed E-state index contributed by atoms with van der Waals surface area (Å²) in [7, 11) is 4.22. The van der Waals surface area contributed by atoms with E-state index in [0.717, 1.165) is 19.6 Å². The highest BCUT2D eigenvalue weighted by Gasteiger charge is 2.23. The van der Waals surface area contributed by atoms with Gasteiger partial charge in [0.25, 0.3) is 0 Å². The molecule has 0 aromatic carbocycles. The minimum Gasteiger partial charge on any atom is -0.377 e. The second-order valence-electron chi connectivity index (χ2n) is 4.19. The molecule has 1 saturated heterocycles. The Kier molecular flexibility index (Phi) is 4.16. The molecule has 1 fully saturated rings. The number of hydrogen-bond donors (Lipinski definition) is 1. The van der Waals surface area contributed by atoms with E-state index in [1.165, 1.54) is 0 Å². The first-order valence-electron chi connectivity index (χ1n) is 5.12. The van der Waals surface area contributed by atoms with E-state index in [1.807, 2.05) is 0 Å². The van der Waals surface area contributed by atoms with E-state index in [-0.39, 0.29) is 0 Å². The number of likely N-dealkylation sites (N-methyl/N-ethyl adjacent to an activating group) is 1. The van der Waals surface area contributed by atoms with Gasteiger partial charge in [0.2, 0.25) is 0 Å². The smallest absolute Gasteiger partial charge is 0.0700 e. The number of ether oxygens (including phenoxy) is 1. The van der Waals surface area contributed by atoms with E-state index in [9.17, 15) is 0 Å². The van der Waals surface area contributed by atoms with E-state index in [0.29, 0.717) is 18.2 Å². The van der Waals surface area contributed by atoms with Gasteiger partial charge in [-0.15, -0.1) is 0 Å². The molecule has 1 rings (SSSR count). The Morgan fingerprint density at radius 2 is 2.23 bits per heavy atom. The van der Waals surface area contributed by atoms with Crippen molar-refractivity contribution in [1.29, 1.82) is 0 Å². The minimum atomic E-state index is 0.384. The zero-order chi connectivity index (χ0) is 9.84. The fourth-order valence-electron chi connectivity index (χ4n) is 1.50. The quantitative estimate of drug-likeness (QED) is 0.699. The molecule has 3 unspecified atom stereocenters. The summed E-state index contributed by atoms with van der Waals surface area (Å²) in [6, 6.07) is 1.15. The van der Waals surface area contributed by atoms with Crippen LogP contribution in [-0.2, 0) is 4.74 Å². The monoisotopic (exact) mass is 186 g/mol. The van der Waals surface area contributed by atoms with Crippen molar-refractivity contribution in [3.63, 3.8) is 0 Å². The van der Waals surface area contributed by atoms with Crippen LogP contribution in [-0.4, -0.2) is 50.3 Å². The summed E-state index contributed by atoms with van der Waals surface area (Å²) >= 11 is 0. The molecule has 0 bridgehead atoms. The topological polar surface area (TPSA) is 24.5 Å². The van der Waals surface area contributed by atoms with Gasteiger partial charge in [-0.05, 0) is 34.4 Å². The molecule has 3 nitrogen and oxygen atoms in total. The summed E-state index contributed by atoms with van der Waals surface area (Å²) < 4.78 is 5.48. The molecule has 0 radical (unpaired) electrons. The largest absolute Gasteiger partial charge is 0.377 e.